The first-order valence-electron chi connectivity index (χ1n) is 5.10. The minimum absolute atomic E-state index is 0.381. The van der Waals surface area contributed by atoms with Crippen LogP contribution in [-0.2, 0) is 7.05 Å². The van der Waals surface area contributed by atoms with Crippen molar-refractivity contribution in [1.29, 1.82) is 0 Å². The third kappa shape index (κ3) is 1.59. The van der Waals surface area contributed by atoms with Crippen molar-refractivity contribution in [1.82, 2.24) is 19.9 Å². The molecule has 2 aromatic heterocycles. The molecule has 0 N–H and O–H groups in total. The molecule has 17 heavy (non-hydrogen) atoms. The highest BCUT2D eigenvalue weighted by Crippen LogP contribution is 2.14. The Morgan fingerprint density at radius 2 is 2.12 bits per heavy atom. The van der Waals surface area contributed by atoms with E-state index in [1.807, 2.05) is 6.07 Å². The number of hydrogen-bond acceptors (Lipinski definition) is 4. The predicted molar refractivity (Wildman–Crippen MR) is 60.7 cm³/mol. The van der Waals surface area contributed by atoms with E-state index in [0.717, 1.165) is 5.56 Å². The third-order valence-electron chi connectivity index (χ3n) is 2.46. The summed E-state index contributed by atoms with van der Waals surface area (Å²) in [5, 5.41) is 19.6. The van der Waals surface area contributed by atoms with Gasteiger partial charge in [-0.1, -0.05) is 12.1 Å². The van der Waals surface area contributed by atoms with E-state index in [1.54, 1.807) is 42.3 Å². The summed E-state index contributed by atoms with van der Waals surface area (Å²) in [4.78, 5) is 4.92. The summed E-state index contributed by atoms with van der Waals surface area (Å²) in [7, 11) is 1.80. The van der Waals surface area contributed by atoms with Crippen LogP contribution in [0.5, 0.6) is 0 Å². The summed E-state index contributed by atoms with van der Waals surface area (Å²) in [6, 6.07) is 7.09. The summed E-state index contributed by atoms with van der Waals surface area (Å²) >= 11 is 0. The number of para-hydroxylation sites is 2. The Kier molecular flexibility index (Phi) is 2.01. The Bertz CT molecular complexity index is 691. The van der Waals surface area contributed by atoms with Crippen molar-refractivity contribution in [2.75, 3.05) is 0 Å². The van der Waals surface area contributed by atoms with E-state index >= 15 is 0 Å². The van der Waals surface area contributed by atoms with Gasteiger partial charge in [0.1, 0.15) is 5.52 Å². The molecule has 1 aromatic carbocycles. The SMILES string of the molecule is Cn1cc(-c2nc3ccccc3[n+]([O-])n2)cn1. The lowest BCUT2D eigenvalue weighted by molar-refractivity contribution is -0.642. The van der Waals surface area contributed by atoms with E-state index in [1.165, 1.54) is 0 Å². The second-order valence-corrected chi connectivity index (χ2v) is 3.70. The molecule has 2 heterocycles. The normalized spacial score (nSPS) is 10.9. The molecule has 3 rings (SSSR count). The van der Waals surface area contributed by atoms with E-state index < -0.39 is 0 Å². The van der Waals surface area contributed by atoms with Crippen LogP contribution < -0.4 is 4.85 Å². The maximum absolute atomic E-state index is 11.7. The largest absolute Gasteiger partial charge is 0.594 e. The molecule has 6 nitrogen and oxygen atoms in total. The molecule has 0 aliphatic rings. The maximum atomic E-state index is 11.7. The average molecular weight is 227 g/mol. The van der Waals surface area contributed by atoms with Gasteiger partial charge in [-0.2, -0.15) is 5.10 Å². The molecule has 0 aliphatic heterocycles. The molecule has 3 aromatic rings. The number of nitrogens with zero attached hydrogens (tertiary/aromatic N) is 5. The number of benzene rings is 1. The summed E-state index contributed by atoms with van der Waals surface area (Å²) in [5.74, 6) is 0.381. The minimum Gasteiger partial charge on any atom is -0.594 e. The summed E-state index contributed by atoms with van der Waals surface area (Å²) < 4.78 is 1.64. The second-order valence-electron chi connectivity index (χ2n) is 3.70. The number of aromatic nitrogens is 5. The Hall–Kier alpha value is -2.50. The Balaban J connectivity index is 2.25. The predicted octanol–water partition coefficient (Wildman–Crippen LogP) is 0.664. The Labute approximate surface area is 96.7 Å². The van der Waals surface area contributed by atoms with E-state index in [4.69, 9.17) is 0 Å². The molecule has 0 aliphatic carbocycles. The van der Waals surface area contributed by atoms with Crippen molar-refractivity contribution in [3.05, 3.63) is 41.9 Å². The zero-order chi connectivity index (χ0) is 11.8. The number of aryl methyl sites for hydroxylation is 1. The van der Waals surface area contributed by atoms with Crippen LogP contribution in [0.3, 0.4) is 0 Å². The van der Waals surface area contributed by atoms with Crippen LogP contribution in [0.25, 0.3) is 22.4 Å². The molecule has 0 atom stereocenters. The van der Waals surface area contributed by atoms with Crippen LogP contribution in [0.15, 0.2) is 36.7 Å². The summed E-state index contributed by atoms with van der Waals surface area (Å²) in [6.45, 7) is 0. The molecule has 0 fully saturated rings. The highest BCUT2D eigenvalue weighted by atomic mass is 16.5. The van der Waals surface area contributed by atoms with Gasteiger partial charge in [0.25, 0.3) is 5.52 Å². The standard InChI is InChI=1S/C11H9N5O/c1-15-7-8(6-12-15)11-13-9-4-2-3-5-10(9)16(17)14-11/h2-7H,1H3. The van der Waals surface area contributed by atoms with Crippen LogP contribution in [0, 0.1) is 5.21 Å². The van der Waals surface area contributed by atoms with Gasteiger partial charge in [-0.25, -0.2) is 4.98 Å². The molecule has 0 bridgehead atoms. The van der Waals surface area contributed by atoms with Gasteiger partial charge in [0.05, 0.1) is 11.8 Å². The molecule has 0 saturated carbocycles. The zero-order valence-electron chi connectivity index (χ0n) is 9.11. The molecule has 0 radical (unpaired) electrons. The molecule has 0 unspecified atom stereocenters. The van der Waals surface area contributed by atoms with E-state index in [-0.39, 0.29) is 0 Å². The molecular weight excluding hydrogens is 218 g/mol. The smallest absolute Gasteiger partial charge is 0.270 e. The lowest BCUT2D eigenvalue weighted by Crippen LogP contribution is -2.33. The van der Waals surface area contributed by atoms with Gasteiger partial charge in [0.2, 0.25) is 5.82 Å². The van der Waals surface area contributed by atoms with Crippen LogP contribution >= 0.6 is 0 Å². The first-order valence-corrected chi connectivity index (χ1v) is 5.10. The third-order valence-corrected chi connectivity index (χ3v) is 2.46. The van der Waals surface area contributed by atoms with Gasteiger partial charge < -0.3 is 5.21 Å². The lowest BCUT2D eigenvalue weighted by Gasteiger charge is -2.00. The number of rotatable bonds is 1. The first kappa shape index (κ1) is 9.71. The first-order chi connectivity index (χ1) is 8.24. The lowest BCUT2D eigenvalue weighted by atomic mass is 10.3. The highest BCUT2D eigenvalue weighted by molar-refractivity contribution is 5.72. The van der Waals surface area contributed by atoms with Crippen LogP contribution in [0.1, 0.15) is 0 Å². The van der Waals surface area contributed by atoms with Crippen molar-refractivity contribution >= 4 is 11.0 Å². The average Bonchev–Trinajstić information content (AvgIpc) is 2.76. The van der Waals surface area contributed by atoms with Crippen LogP contribution in [-0.4, -0.2) is 19.9 Å². The Morgan fingerprint density at radius 1 is 1.29 bits per heavy atom. The molecule has 6 heteroatoms. The number of fused-ring (bicyclic) bond motifs is 1. The molecule has 84 valence electrons. The highest BCUT2D eigenvalue weighted by Gasteiger charge is 2.12. The van der Waals surface area contributed by atoms with Gasteiger partial charge >= 0.3 is 0 Å². The van der Waals surface area contributed by atoms with Gasteiger partial charge in [-0.15, -0.1) is 0 Å². The van der Waals surface area contributed by atoms with Gasteiger partial charge in [0, 0.05) is 24.4 Å². The monoisotopic (exact) mass is 227 g/mol. The van der Waals surface area contributed by atoms with Gasteiger partial charge in [-0.3, -0.25) is 4.68 Å². The quantitative estimate of drug-likeness (QED) is 0.452. The van der Waals surface area contributed by atoms with Crippen molar-refractivity contribution in [2.45, 2.75) is 0 Å². The fraction of sp³-hybridized carbons (Fsp3) is 0.0909. The summed E-state index contributed by atoms with van der Waals surface area (Å²) in [5.41, 5.74) is 1.80. The van der Waals surface area contributed by atoms with Crippen molar-refractivity contribution in [2.24, 2.45) is 7.05 Å². The molecule has 0 saturated heterocycles. The maximum Gasteiger partial charge on any atom is 0.270 e. The van der Waals surface area contributed by atoms with E-state index in [0.29, 0.717) is 21.7 Å². The van der Waals surface area contributed by atoms with Gasteiger partial charge in [-0.05, 0) is 10.9 Å². The molecule has 0 spiro atoms. The van der Waals surface area contributed by atoms with Crippen molar-refractivity contribution in [3.63, 3.8) is 0 Å². The van der Waals surface area contributed by atoms with Gasteiger partial charge in [0.15, 0.2) is 0 Å². The summed E-state index contributed by atoms with van der Waals surface area (Å²) in [6.07, 6.45) is 3.40. The zero-order valence-corrected chi connectivity index (χ0v) is 9.11. The molecule has 0 amide bonds. The van der Waals surface area contributed by atoms with Crippen LogP contribution in [0.2, 0.25) is 0 Å². The molecular formula is C11H9N5O. The fourth-order valence-corrected chi connectivity index (χ4v) is 1.66. The van der Waals surface area contributed by atoms with Crippen molar-refractivity contribution < 1.29 is 4.85 Å². The minimum atomic E-state index is 0.381. The van der Waals surface area contributed by atoms with Crippen molar-refractivity contribution in [3.8, 4) is 11.4 Å². The second kappa shape index (κ2) is 3.51. The Morgan fingerprint density at radius 3 is 2.88 bits per heavy atom. The topological polar surface area (TPSA) is 70.5 Å². The van der Waals surface area contributed by atoms with E-state index in [2.05, 4.69) is 15.2 Å². The number of hydrogen-bond donors (Lipinski definition) is 0. The fourth-order valence-electron chi connectivity index (χ4n) is 1.66. The van der Waals surface area contributed by atoms with Crippen LogP contribution in [0.4, 0.5) is 0 Å². The van der Waals surface area contributed by atoms with E-state index in [9.17, 15) is 5.21 Å².